The predicted octanol–water partition coefficient (Wildman–Crippen LogP) is -0.384. The molecule has 2 rings (SSSR count). The third-order valence-corrected chi connectivity index (χ3v) is 3.86. The first-order valence-corrected chi connectivity index (χ1v) is 6.83. The molecule has 2 heterocycles. The Kier molecular flexibility index (Phi) is 4.42. The van der Waals surface area contributed by atoms with Gasteiger partial charge in [0.25, 0.3) is 11.5 Å². The molecule has 1 saturated heterocycles. The van der Waals surface area contributed by atoms with Crippen LogP contribution in [0.15, 0.2) is 23.1 Å². The molecule has 1 aliphatic rings. The number of aryl methyl sites for hydroxylation is 1. The van der Waals surface area contributed by atoms with Crippen molar-refractivity contribution >= 4 is 11.9 Å². The Hall–Kier alpha value is -2.15. The van der Waals surface area contributed by atoms with Gasteiger partial charge in [0.05, 0.1) is 0 Å². The van der Waals surface area contributed by atoms with E-state index in [1.807, 2.05) is 4.90 Å². The Morgan fingerprint density at radius 2 is 1.86 bits per heavy atom. The number of piperazine rings is 1. The van der Waals surface area contributed by atoms with Crippen molar-refractivity contribution in [2.45, 2.75) is 13.0 Å². The number of aromatic nitrogens is 1. The van der Waals surface area contributed by atoms with Gasteiger partial charge in [-0.15, -0.1) is 0 Å². The number of aliphatic carboxylic acids is 1. The highest BCUT2D eigenvalue weighted by Crippen LogP contribution is 2.10. The van der Waals surface area contributed by atoms with E-state index in [1.165, 1.54) is 10.6 Å². The van der Waals surface area contributed by atoms with Crippen LogP contribution in [0.4, 0.5) is 0 Å². The monoisotopic (exact) mass is 293 g/mol. The average Bonchev–Trinajstić information content (AvgIpc) is 2.48. The van der Waals surface area contributed by atoms with Crippen LogP contribution in [-0.2, 0) is 11.8 Å². The molecule has 114 valence electrons. The normalized spacial score (nSPS) is 17.5. The van der Waals surface area contributed by atoms with Crippen LogP contribution in [0, 0.1) is 0 Å². The summed E-state index contributed by atoms with van der Waals surface area (Å²) in [5.74, 6) is -1.04. The molecule has 0 saturated carbocycles. The molecule has 0 bridgehead atoms. The molecule has 1 aromatic rings. The lowest BCUT2D eigenvalue weighted by Crippen LogP contribution is -2.53. The number of hydrogen-bond donors (Lipinski definition) is 1. The van der Waals surface area contributed by atoms with Crippen LogP contribution in [-0.4, -0.2) is 63.6 Å². The third kappa shape index (κ3) is 3.30. The maximum Gasteiger partial charge on any atom is 0.320 e. The summed E-state index contributed by atoms with van der Waals surface area (Å²) in [6.07, 6.45) is 1.57. The first kappa shape index (κ1) is 15.2. The molecule has 1 unspecified atom stereocenters. The number of carbonyl (C=O) groups is 2. The van der Waals surface area contributed by atoms with Crippen molar-refractivity contribution in [3.05, 3.63) is 34.2 Å². The number of nitrogens with zero attached hydrogens (tertiary/aromatic N) is 3. The Morgan fingerprint density at radius 1 is 1.24 bits per heavy atom. The summed E-state index contributed by atoms with van der Waals surface area (Å²) in [7, 11) is 1.63. The average molecular weight is 293 g/mol. The number of pyridine rings is 1. The van der Waals surface area contributed by atoms with Gasteiger partial charge in [-0.2, -0.15) is 0 Å². The molecule has 0 radical (unpaired) electrons. The fourth-order valence-electron chi connectivity index (χ4n) is 2.33. The topological polar surface area (TPSA) is 82.8 Å². The zero-order valence-electron chi connectivity index (χ0n) is 12.2. The number of carboxylic acids is 1. The minimum absolute atomic E-state index is 0.185. The van der Waals surface area contributed by atoms with E-state index in [2.05, 4.69) is 0 Å². The molecule has 1 aromatic heterocycles. The Bertz CT molecular complexity index is 602. The second kappa shape index (κ2) is 6.09. The fraction of sp³-hybridized carbons (Fsp3) is 0.500. The first-order chi connectivity index (χ1) is 9.90. The van der Waals surface area contributed by atoms with Crippen LogP contribution >= 0.6 is 0 Å². The molecule has 7 nitrogen and oxygen atoms in total. The second-order valence-corrected chi connectivity index (χ2v) is 5.21. The number of carboxylic acid groups (broad SMARTS) is 1. The fourth-order valence-corrected chi connectivity index (χ4v) is 2.33. The molecule has 7 heteroatoms. The van der Waals surface area contributed by atoms with Gasteiger partial charge in [-0.05, 0) is 13.0 Å². The molecular formula is C14H19N3O4. The van der Waals surface area contributed by atoms with Crippen molar-refractivity contribution in [2.24, 2.45) is 7.05 Å². The molecule has 1 N–H and O–H groups in total. The van der Waals surface area contributed by atoms with Gasteiger partial charge in [0, 0.05) is 51.1 Å². The lowest BCUT2D eigenvalue weighted by atomic mass is 10.2. The van der Waals surface area contributed by atoms with Gasteiger partial charge in [0.15, 0.2) is 0 Å². The second-order valence-electron chi connectivity index (χ2n) is 5.21. The van der Waals surface area contributed by atoms with Crippen molar-refractivity contribution in [2.75, 3.05) is 26.2 Å². The van der Waals surface area contributed by atoms with E-state index in [1.54, 1.807) is 31.1 Å². The van der Waals surface area contributed by atoms with Crippen molar-refractivity contribution in [1.82, 2.24) is 14.4 Å². The molecule has 0 spiro atoms. The van der Waals surface area contributed by atoms with E-state index < -0.39 is 12.0 Å². The maximum atomic E-state index is 12.3. The lowest BCUT2D eigenvalue weighted by molar-refractivity contribution is -0.143. The minimum atomic E-state index is -0.860. The highest BCUT2D eigenvalue weighted by Gasteiger charge is 2.27. The van der Waals surface area contributed by atoms with Crippen LogP contribution in [0.5, 0.6) is 0 Å². The smallest absolute Gasteiger partial charge is 0.320 e. The molecule has 0 aromatic carbocycles. The van der Waals surface area contributed by atoms with Crippen LogP contribution in [0.1, 0.15) is 17.3 Å². The van der Waals surface area contributed by atoms with Gasteiger partial charge in [-0.25, -0.2) is 0 Å². The summed E-state index contributed by atoms with van der Waals surface area (Å²) < 4.78 is 1.41. The predicted molar refractivity (Wildman–Crippen MR) is 76.3 cm³/mol. The molecule has 1 aliphatic heterocycles. The van der Waals surface area contributed by atoms with Crippen LogP contribution < -0.4 is 5.56 Å². The summed E-state index contributed by atoms with van der Waals surface area (Å²) in [5, 5.41) is 8.98. The van der Waals surface area contributed by atoms with E-state index in [0.29, 0.717) is 31.7 Å². The third-order valence-electron chi connectivity index (χ3n) is 3.86. The largest absolute Gasteiger partial charge is 0.480 e. The zero-order chi connectivity index (χ0) is 15.6. The van der Waals surface area contributed by atoms with Gasteiger partial charge >= 0.3 is 5.97 Å². The Morgan fingerprint density at radius 3 is 2.38 bits per heavy atom. The SMILES string of the molecule is CC(C(=O)O)N1CCN(C(=O)c2ccn(C)c(=O)c2)CC1. The van der Waals surface area contributed by atoms with Gasteiger partial charge in [0.1, 0.15) is 6.04 Å². The lowest BCUT2D eigenvalue weighted by Gasteiger charge is -2.36. The van der Waals surface area contributed by atoms with E-state index in [0.717, 1.165) is 0 Å². The van der Waals surface area contributed by atoms with Gasteiger partial charge in [-0.1, -0.05) is 0 Å². The van der Waals surface area contributed by atoms with Gasteiger partial charge < -0.3 is 14.6 Å². The van der Waals surface area contributed by atoms with Crippen LogP contribution in [0.2, 0.25) is 0 Å². The van der Waals surface area contributed by atoms with Crippen molar-refractivity contribution in [3.8, 4) is 0 Å². The van der Waals surface area contributed by atoms with Crippen LogP contribution in [0.3, 0.4) is 0 Å². The van der Waals surface area contributed by atoms with Gasteiger partial charge in [-0.3, -0.25) is 19.3 Å². The first-order valence-electron chi connectivity index (χ1n) is 6.83. The molecular weight excluding hydrogens is 274 g/mol. The quantitative estimate of drug-likeness (QED) is 0.821. The standard InChI is InChI=1S/C14H19N3O4/c1-10(14(20)21)16-5-7-17(8-6-16)13(19)11-3-4-15(2)12(18)9-11/h3-4,9-10H,5-8H2,1-2H3,(H,20,21). The van der Waals surface area contributed by atoms with Crippen molar-refractivity contribution in [3.63, 3.8) is 0 Å². The highest BCUT2D eigenvalue weighted by molar-refractivity contribution is 5.94. The van der Waals surface area contributed by atoms with E-state index >= 15 is 0 Å². The summed E-state index contributed by atoms with van der Waals surface area (Å²) >= 11 is 0. The van der Waals surface area contributed by atoms with Gasteiger partial charge in [0.2, 0.25) is 0 Å². The summed E-state index contributed by atoms with van der Waals surface area (Å²) in [4.78, 5) is 38.3. The Balaban J connectivity index is 2.01. The molecule has 21 heavy (non-hydrogen) atoms. The molecule has 1 atom stereocenters. The number of carbonyl (C=O) groups excluding carboxylic acids is 1. The van der Waals surface area contributed by atoms with E-state index in [4.69, 9.17) is 5.11 Å². The van der Waals surface area contributed by atoms with Crippen molar-refractivity contribution < 1.29 is 14.7 Å². The van der Waals surface area contributed by atoms with E-state index in [-0.39, 0.29) is 11.5 Å². The maximum absolute atomic E-state index is 12.3. The highest BCUT2D eigenvalue weighted by atomic mass is 16.4. The minimum Gasteiger partial charge on any atom is -0.480 e. The summed E-state index contributed by atoms with van der Waals surface area (Å²) in [5.41, 5.74) is 0.150. The zero-order valence-corrected chi connectivity index (χ0v) is 12.2. The number of rotatable bonds is 3. The molecule has 0 aliphatic carbocycles. The number of amides is 1. The van der Waals surface area contributed by atoms with E-state index in [9.17, 15) is 14.4 Å². The summed E-state index contributed by atoms with van der Waals surface area (Å²) in [6.45, 7) is 3.60. The molecule has 1 fully saturated rings. The molecule has 1 amide bonds. The Labute approximate surface area is 122 Å². The van der Waals surface area contributed by atoms with Crippen LogP contribution in [0.25, 0.3) is 0 Å². The number of hydrogen-bond acceptors (Lipinski definition) is 4. The van der Waals surface area contributed by atoms with Crippen molar-refractivity contribution in [1.29, 1.82) is 0 Å². The summed E-state index contributed by atoms with van der Waals surface area (Å²) in [6, 6.07) is 2.40.